The van der Waals surface area contributed by atoms with Gasteiger partial charge >= 0.3 is 5.97 Å². The number of rotatable bonds is 3. The van der Waals surface area contributed by atoms with Crippen molar-refractivity contribution in [2.24, 2.45) is 0 Å². The van der Waals surface area contributed by atoms with Gasteiger partial charge in [0, 0.05) is 5.02 Å². The number of carbonyl (C=O) groups is 1. The molecule has 0 saturated heterocycles. The summed E-state index contributed by atoms with van der Waals surface area (Å²) in [6.07, 6.45) is 0.166. The zero-order valence-electron chi connectivity index (χ0n) is 11.2. The minimum absolute atomic E-state index is 0.166. The Balaban J connectivity index is 1.65. The van der Waals surface area contributed by atoms with Gasteiger partial charge in [-0.05, 0) is 42.0 Å². The highest BCUT2D eigenvalue weighted by Gasteiger charge is 2.14. The second-order valence-electron chi connectivity index (χ2n) is 4.58. The summed E-state index contributed by atoms with van der Waals surface area (Å²) in [5.41, 5.74) is 0.818. The summed E-state index contributed by atoms with van der Waals surface area (Å²) in [5.74, 6) is 1.50. The fourth-order valence-corrected chi connectivity index (χ4v) is 2.16. The topological polar surface area (TPSA) is 44.8 Å². The van der Waals surface area contributed by atoms with Gasteiger partial charge in [-0.1, -0.05) is 17.7 Å². The quantitative estimate of drug-likeness (QED) is 0.645. The first-order chi connectivity index (χ1) is 10.2. The van der Waals surface area contributed by atoms with Crippen molar-refractivity contribution in [3.05, 3.63) is 53.1 Å². The molecule has 0 radical (unpaired) electrons. The zero-order valence-corrected chi connectivity index (χ0v) is 11.9. The number of carbonyl (C=O) groups excluding carboxylic acids is 1. The Bertz CT molecular complexity index is 652. The number of halogens is 1. The number of ether oxygens (including phenoxy) is 3. The molecule has 4 nitrogen and oxygen atoms in total. The average Bonchev–Trinajstić information content (AvgIpc) is 2.49. The van der Waals surface area contributed by atoms with Gasteiger partial charge in [0.2, 0.25) is 0 Å². The summed E-state index contributed by atoms with van der Waals surface area (Å²) in [6.45, 7) is 1.07. The lowest BCUT2D eigenvalue weighted by Gasteiger charge is -2.18. The zero-order chi connectivity index (χ0) is 14.7. The summed E-state index contributed by atoms with van der Waals surface area (Å²) >= 11 is 5.78. The Morgan fingerprint density at radius 2 is 1.76 bits per heavy atom. The highest BCUT2D eigenvalue weighted by Crippen LogP contribution is 2.31. The smallest absolute Gasteiger partial charge is 0.315 e. The van der Waals surface area contributed by atoms with Crippen molar-refractivity contribution in [3.8, 4) is 17.2 Å². The predicted octanol–water partition coefficient (Wildman–Crippen LogP) is 3.26. The van der Waals surface area contributed by atoms with E-state index in [4.69, 9.17) is 25.8 Å². The van der Waals surface area contributed by atoms with Crippen LogP contribution in [0.5, 0.6) is 17.2 Å². The van der Waals surface area contributed by atoms with Crippen molar-refractivity contribution >= 4 is 17.6 Å². The van der Waals surface area contributed by atoms with Crippen LogP contribution in [-0.2, 0) is 11.2 Å². The second kappa shape index (κ2) is 6.06. The highest BCUT2D eigenvalue weighted by molar-refractivity contribution is 6.30. The largest absolute Gasteiger partial charge is 0.486 e. The molecule has 3 rings (SSSR count). The summed E-state index contributed by atoms with van der Waals surface area (Å²) in [6, 6.07) is 12.1. The van der Waals surface area contributed by atoms with E-state index in [-0.39, 0.29) is 12.4 Å². The number of benzene rings is 2. The van der Waals surface area contributed by atoms with Gasteiger partial charge in [0.05, 0.1) is 6.42 Å². The number of hydrogen-bond acceptors (Lipinski definition) is 4. The monoisotopic (exact) mass is 304 g/mol. The minimum atomic E-state index is -0.339. The van der Waals surface area contributed by atoms with E-state index in [1.165, 1.54) is 0 Å². The van der Waals surface area contributed by atoms with Crippen LogP contribution in [-0.4, -0.2) is 19.2 Å². The number of fused-ring (bicyclic) bond motifs is 1. The maximum absolute atomic E-state index is 11.9. The van der Waals surface area contributed by atoms with Crippen molar-refractivity contribution in [1.82, 2.24) is 0 Å². The molecule has 0 aromatic heterocycles. The fraction of sp³-hybridized carbons (Fsp3) is 0.188. The molecule has 1 heterocycles. The highest BCUT2D eigenvalue weighted by atomic mass is 35.5. The summed E-state index contributed by atoms with van der Waals surface area (Å²) in [7, 11) is 0. The van der Waals surface area contributed by atoms with Crippen LogP contribution >= 0.6 is 11.6 Å². The van der Waals surface area contributed by atoms with E-state index in [9.17, 15) is 4.79 Å². The molecule has 1 aliphatic heterocycles. The third-order valence-electron chi connectivity index (χ3n) is 3.00. The normalized spacial score (nSPS) is 12.8. The molecular formula is C16H13ClO4. The van der Waals surface area contributed by atoms with Gasteiger partial charge in [-0.3, -0.25) is 4.79 Å². The van der Waals surface area contributed by atoms with Gasteiger partial charge in [0.25, 0.3) is 0 Å². The number of hydrogen-bond donors (Lipinski definition) is 0. The van der Waals surface area contributed by atoms with Crippen LogP contribution in [0.2, 0.25) is 5.02 Å². The molecule has 108 valence electrons. The fourth-order valence-electron chi connectivity index (χ4n) is 2.03. The molecule has 0 spiro atoms. The van der Waals surface area contributed by atoms with Crippen LogP contribution in [0.4, 0.5) is 0 Å². The van der Waals surface area contributed by atoms with Crippen LogP contribution < -0.4 is 14.2 Å². The molecule has 2 aromatic carbocycles. The van der Waals surface area contributed by atoms with Crippen LogP contribution in [0.25, 0.3) is 0 Å². The lowest BCUT2D eigenvalue weighted by Crippen LogP contribution is -2.16. The Labute approximate surface area is 127 Å². The first-order valence-corrected chi connectivity index (χ1v) is 6.93. The van der Waals surface area contributed by atoms with Crippen LogP contribution in [0.15, 0.2) is 42.5 Å². The lowest BCUT2D eigenvalue weighted by molar-refractivity contribution is -0.133. The van der Waals surface area contributed by atoms with Crippen LogP contribution in [0.1, 0.15) is 5.56 Å². The molecule has 0 amide bonds. The minimum Gasteiger partial charge on any atom is -0.486 e. The van der Waals surface area contributed by atoms with Crippen molar-refractivity contribution in [1.29, 1.82) is 0 Å². The third kappa shape index (κ3) is 3.47. The second-order valence-corrected chi connectivity index (χ2v) is 5.02. The van der Waals surface area contributed by atoms with E-state index in [0.717, 1.165) is 5.56 Å². The molecule has 2 aromatic rings. The standard InChI is InChI=1S/C16H13ClO4/c17-12-2-4-13(5-3-12)21-16(18)10-11-1-6-14-15(9-11)20-8-7-19-14/h1-6,9H,7-8,10H2. The van der Waals surface area contributed by atoms with Crippen molar-refractivity contribution in [3.63, 3.8) is 0 Å². The molecular weight excluding hydrogens is 292 g/mol. The van der Waals surface area contributed by atoms with Crippen molar-refractivity contribution in [2.45, 2.75) is 6.42 Å². The van der Waals surface area contributed by atoms with E-state index in [2.05, 4.69) is 0 Å². The van der Waals surface area contributed by atoms with Crippen molar-refractivity contribution < 1.29 is 19.0 Å². The van der Waals surface area contributed by atoms with Gasteiger partial charge < -0.3 is 14.2 Å². The predicted molar refractivity (Wildman–Crippen MR) is 78.2 cm³/mol. The summed E-state index contributed by atoms with van der Waals surface area (Å²) in [4.78, 5) is 11.9. The van der Waals surface area contributed by atoms with E-state index < -0.39 is 0 Å². The van der Waals surface area contributed by atoms with Gasteiger partial charge in [0.15, 0.2) is 11.5 Å². The Morgan fingerprint density at radius 3 is 2.52 bits per heavy atom. The molecule has 1 aliphatic rings. The first-order valence-electron chi connectivity index (χ1n) is 6.55. The van der Waals surface area contributed by atoms with Crippen LogP contribution in [0, 0.1) is 0 Å². The average molecular weight is 305 g/mol. The number of esters is 1. The molecule has 0 bridgehead atoms. The van der Waals surface area contributed by atoms with E-state index in [1.54, 1.807) is 36.4 Å². The molecule has 0 unspecified atom stereocenters. The molecule has 0 fully saturated rings. The van der Waals surface area contributed by atoms with E-state index in [1.807, 2.05) is 6.07 Å². The molecule has 0 saturated carbocycles. The maximum Gasteiger partial charge on any atom is 0.315 e. The van der Waals surface area contributed by atoms with Gasteiger partial charge in [0.1, 0.15) is 19.0 Å². The summed E-state index contributed by atoms with van der Waals surface area (Å²) < 4.78 is 16.2. The van der Waals surface area contributed by atoms with E-state index >= 15 is 0 Å². The lowest BCUT2D eigenvalue weighted by atomic mass is 10.1. The Kier molecular flexibility index (Phi) is 3.97. The molecule has 0 aliphatic carbocycles. The molecule has 0 N–H and O–H groups in total. The van der Waals surface area contributed by atoms with Gasteiger partial charge in [-0.25, -0.2) is 0 Å². The van der Waals surface area contributed by atoms with Gasteiger partial charge in [-0.2, -0.15) is 0 Å². The van der Waals surface area contributed by atoms with Crippen LogP contribution in [0.3, 0.4) is 0 Å². The molecule has 5 heteroatoms. The Hall–Kier alpha value is -2.20. The third-order valence-corrected chi connectivity index (χ3v) is 3.25. The van der Waals surface area contributed by atoms with Crippen molar-refractivity contribution in [2.75, 3.05) is 13.2 Å². The Morgan fingerprint density at radius 1 is 1.05 bits per heavy atom. The SMILES string of the molecule is O=C(Cc1ccc2c(c1)OCCO2)Oc1ccc(Cl)cc1. The van der Waals surface area contributed by atoms with E-state index in [0.29, 0.717) is 35.5 Å². The van der Waals surface area contributed by atoms with Gasteiger partial charge in [-0.15, -0.1) is 0 Å². The summed E-state index contributed by atoms with van der Waals surface area (Å²) in [5, 5.41) is 0.599. The molecule has 21 heavy (non-hydrogen) atoms. The molecule has 0 atom stereocenters. The first kappa shape index (κ1) is 13.8. The maximum atomic E-state index is 11.9.